The summed E-state index contributed by atoms with van der Waals surface area (Å²) in [4.78, 5) is 13.8. The zero-order chi connectivity index (χ0) is 14.0. The second-order valence-electron chi connectivity index (χ2n) is 4.80. The Morgan fingerprint density at radius 1 is 1.37 bits per heavy atom. The summed E-state index contributed by atoms with van der Waals surface area (Å²) in [6.07, 6.45) is 0.532. The number of carbonyl (C=O) groups is 1. The molecule has 1 aromatic rings. The third kappa shape index (κ3) is 3.36. The van der Waals surface area contributed by atoms with Crippen molar-refractivity contribution in [1.82, 2.24) is 4.90 Å². The van der Waals surface area contributed by atoms with E-state index in [0.29, 0.717) is 12.0 Å². The fraction of sp³-hybridized carbons (Fsp3) is 0.462. The molecule has 1 amide bonds. The standard InChI is InChI=1S/C13H16BrNO3S/c1-15(12-6-7-19(17,18)9-12)13(16)11-4-2-10(8-14)3-5-11/h2-5,12H,6-9H2,1H3. The first kappa shape index (κ1) is 14.5. The third-order valence-electron chi connectivity index (χ3n) is 3.43. The molecule has 2 rings (SSSR count). The molecule has 0 N–H and O–H groups in total. The number of alkyl halides is 1. The fourth-order valence-corrected chi connectivity index (χ4v) is 4.33. The van der Waals surface area contributed by atoms with Gasteiger partial charge in [0.05, 0.1) is 11.5 Å². The Labute approximate surface area is 121 Å². The van der Waals surface area contributed by atoms with Gasteiger partial charge in [0.15, 0.2) is 9.84 Å². The monoisotopic (exact) mass is 345 g/mol. The highest BCUT2D eigenvalue weighted by atomic mass is 79.9. The second kappa shape index (κ2) is 5.63. The van der Waals surface area contributed by atoms with Gasteiger partial charge in [-0.1, -0.05) is 28.1 Å². The Morgan fingerprint density at radius 3 is 2.47 bits per heavy atom. The molecule has 0 spiro atoms. The van der Waals surface area contributed by atoms with Crippen molar-refractivity contribution in [2.45, 2.75) is 17.8 Å². The van der Waals surface area contributed by atoms with Crippen LogP contribution in [0.15, 0.2) is 24.3 Å². The molecule has 1 unspecified atom stereocenters. The van der Waals surface area contributed by atoms with E-state index in [1.54, 1.807) is 24.1 Å². The molecule has 1 aliphatic heterocycles. The Balaban J connectivity index is 2.10. The van der Waals surface area contributed by atoms with Crippen LogP contribution in [0.2, 0.25) is 0 Å². The lowest BCUT2D eigenvalue weighted by Crippen LogP contribution is -2.37. The van der Waals surface area contributed by atoms with Crippen LogP contribution in [0.5, 0.6) is 0 Å². The summed E-state index contributed by atoms with van der Waals surface area (Å²) in [5, 5.41) is 0.748. The Morgan fingerprint density at radius 2 is 2.00 bits per heavy atom. The fourth-order valence-electron chi connectivity index (χ4n) is 2.19. The molecule has 0 aromatic heterocycles. The smallest absolute Gasteiger partial charge is 0.253 e. The Kier molecular flexibility index (Phi) is 4.30. The van der Waals surface area contributed by atoms with Crippen molar-refractivity contribution in [1.29, 1.82) is 0 Å². The number of hydrogen-bond donors (Lipinski definition) is 0. The molecule has 1 saturated heterocycles. The van der Waals surface area contributed by atoms with Crippen molar-refractivity contribution in [3.63, 3.8) is 0 Å². The molecule has 0 bridgehead atoms. The number of benzene rings is 1. The third-order valence-corrected chi connectivity index (χ3v) is 5.83. The first-order chi connectivity index (χ1) is 8.93. The van der Waals surface area contributed by atoms with Gasteiger partial charge in [0.25, 0.3) is 5.91 Å². The molecule has 6 heteroatoms. The number of amides is 1. The minimum atomic E-state index is -2.97. The van der Waals surface area contributed by atoms with E-state index in [2.05, 4.69) is 15.9 Å². The largest absolute Gasteiger partial charge is 0.338 e. The lowest BCUT2D eigenvalue weighted by atomic mass is 10.1. The van der Waals surface area contributed by atoms with Gasteiger partial charge in [-0.25, -0.2) is 8.42 Å². The topological polar surface area (TPSA) is 54.5 Å². The number of sulfone groups is 1. The van der Waals surface area contributed by atoms with Crippen LogP contribution >= 0.6 is 15.9 Å². The van der Waals surface area contributed by atoms with Crippen LogP contribution < -0.4 is 0 Å². The minimum Gasteiger partial charge on any atom is -0.338 e. The van der Waals surface area contributed by atoms with Gasteiger partial charge in [-0.05, 0) is 24.1 Å². The van der Waals surface area contributed by atoms with Crippen molar-refractivity contribution < 1.29 is 13.2 Å². The number of rotatable bonds is 3. The van der Waals surface area contributed by atoms with Gasteiger partial charge in [-0.3, -0.25) is 4.79 Å². The van der Waals surface area contributed by atoms with E-state index in [4.69, 9.17) is 0 Å². The number of carbonyl (C=O) groups excluding carboxylic acids is 1. The zero-order valence-corrected chi connectivity index (χ0v) is 13.1. The maximum Gasteiger partial charge on any atom is 0.253 e. The quantitative estimate of drug-likeness (QED) is 0.785. The molecule has 1 heterocycles. The van der Waals surface area contributed by atoms with Crippen LogP contribution in [0, 0.1) is 0 Å². The summed E-state index contributed by atoms with van der Waals surface area (Å²) in [7, 11) is -1.29. The molecule has 4 nitrogen and oxygen atoms in total. The number of halogens is 1. The van der Waals surface area contributed by atoms with Crippen LogP contribution in [0.4, 0.5) is 0 Å². The molecule has 0 saturated carbocycles. The van der Waals surface area contributed by atoms with Gasteiger partial charge in [0.1, 0.15) is 0 Å². The van der Waals surface area contributed by atoms with E-state index in [-0.39, 0.29) is 23.5 Å². The highest BCUT2D eigenvalue weighted by Gasteiger charge is 2.32. The SMILES string of the molecule is CN(C(=O)c1ccc(CBr)cc1)C1CCS(=O)(=O)C1. The van der Waals surface area contributed by atoms with Gasteiger partial charge in [-0.15, -0.1) is 0 Å². The van der Waals surface area contributed by atoms with Crippen LogP contribution in [0.3, 0.4) is 0 Å². The molecule has 0 aliphatic carbocycles. The Bertz CT molecular complexity index is 568. The molecule has 1 atom stereocenters. The maximum atomic E-state index is 12.3. The van der Waals surface area contributed by atoms with Crippen LogP contribution in [-0.2, 0) is 15.2 Å². The van der Waals surface area contributed by atoms with E-state index < -0.39 is 9.84 Å². The average molecular weight is 346 g/mol. The molecule has 1 fully saturated rings. The Hall–Kier alpha value is -0.880. The number of nitrogens with zero attached hydrogens (tertiary/aromatic N) is 1. The summed E-state index contributed by atoms with van der Waals surface area (Å²) >= 11 is 3.35. The van der Waals surface area contributed by atoms with E-state index >= 15 is 0 Å². The van der Waals surface area contributed by atoms with E-state index in [0.717, 1.165) is 10.9 Å². The molecule has 1 aliphatic rings. The van der Waals surface area contributed by atoms with E-state index in [1.807, 2.05) is 12.1 Å². The summed E-state index contributed by atoms with van der Waals surface area (Å²) < 4.78 is 22.9. The van der Waals surface area contributed by atoms with Crippen LogP contribution in [0.1, 0.15) is 22.3 Å². The van der Waals surface area contributed by atoms with Crippen molar-refractivity contribution in [3.05, 3.63) is 35.4 Å². The predicted octanol–water partition coefficient (Wildman–Crippen LogP) is 1.84. The maximum absolute atomic E-state index is 12.3. The normalized spacial score (nSPS) is 21.3. The predicted molar refractivity (Wildman–Crippen MR) is 78.2 cm³/mol. The first-order valence-electron chi connectivity index (χ1n) is 6.05. The molecule has 104 valence electrons. The summed E-state index contributed by atoms with van der Waals surface area (Å²) in [5.74, 6) is 0.134. The zero-order valence-electron chi connectivity index (χ0n) is 10.7. The second-order valence-corrected chi connectivity index (χ2v) is 7.59. The van der Waals surface area contributed by atoms with Gasteiger partial charge >= 0.3 is 0 Å². The van der Waals surface area contributed by atoms with Gasteiger partial charge in [0, 0.05) is 24.0 Å². The summed E-state index contributed by atoms with van der Waals surface area (Å²) in [6.45, 7) is 0. The van der Waals surface area contributed by atoms with Crippen LogP contribution in [-0.4, -0.2) is 43.8 Å². The van der Waals surface area contributed by atoms with Gasteiger partial charge in [0.2, 0.25) is 0 Å². The molecular weight excluding hydrogens is 330 g/mol. The van der Waals surface area contributed by atoms with Crippen LogP contribution in [0.25, 0.3) is 0 Å². The molecular formula is C13H16BrNO3S. The number of hydrogen-bond acceptors (Lipinski definition) is 3. The van der Waals surface area contributed by atoms with Gasteiger partial charge in [-0.2, -0.15) is 0 Å². The van der Waals surface area contributed by atoms with Crippen molar-refractivity contribution in [3.8, 4) is 0 Å². The lowest BCUT2D eigenvalue weighted by molar-refractivity contribution is 0.0747. The van der Waals surface area contributed by atoms with E-state index in [9.17, 15) is 13.2 Å². The first-order valence-corrected chi connectivity index (χ1v) is 9.00. The molecule has 0 radical (unpaired) electrons. The van der Waals surface area contributed by atoms with Crippen molar-refractivity contribution >= 4 is 31.7 Å². The van der Waals surface area contributed by atoms with Crippen molar-refractivity contribution in [2.75, 3.05) is 18.6 Å². The average Bonchev–Trinajstić information content (AvgIpc) is 2.77. The lowest BCUT2D eigenvalue weighted by Gasteiger charge is -2.23. The molecule has 19 heavy (non-hydrogen) atoms. The molecule has 1 aromatic carbocycles. The van der Waals surface area contributed by atoms with Gasteiger partial charge < -0.3 is 4.90 Å². The summed E-state index contributed by atoms with van der Waals surface area (Å²) in [6, 6.07) is 7.13. The highest BCUT2D eigenvalue weighted by Crippen LogP contribution is 2.19. The summed E-state index contributed by atoms with van der Waals surface area (Å²) in [5.41, 5.74) is 1.69. The van der Waals surface area contributed by atoms with E-state index in [1.165, 1.54) is 0 Å². The minimum absolute atomic E-state index is 0.0781. The van der Waals surface area contributed by atoms with Crippen molar-refractivity contribution in [2.24, 2.45) is 0 Å². The highest BCUT2D eigenvalue weighted by molar-refractivity contribution is 9.08.